The molecule has 2 aliphatic rings. The normalized spacial score (nSPS) is 13.8. The van der Waals surface area contributed by atoms with Crippen molar-refractivity contribution in [2.45, 2.75) is 5.41 Å². The summed E-state index contributed by atoms with van der Waals surface area (Å²) in [6.45, 7) is 0. The topological polar surface area (TPSA) is 34.4 Å². The van der Waals surface area contributed by atoms with Gasteiger partial charge >= 0.3 is 0 Å². The average Bonchev–Trinajstić information content (AvgIpc) is 3.61. The van der Waals surface area contributed by atoms with Gasteiger partial charge in [0, 0.05) is 27.6 Å². The van der Waals surface area contributed by atoms with Crippen LogP contribution in [0.15, 0.2) is 150 Å². The average molecular weight is 564 g/mol. The summed E-state index contributed by atoms with van der Waals surface area (Å²) < 4.78 is 13.1. The Morgan fingerprint density at radius 1 is 0.500 bits per heavy atom. The van der Waals surface area contributed by atoms with Crippen LogP contribution in [0.25, 0.3) is 43.8 Å². The molecule has 3 heteroatoms. The number of para-hydroxylation sites is 1. The van der Waals surface area contributed by atoms with E-state index in [1.165, 1.54) is 27.6 Å². The highest BCUT2D eigenvalue weighted by atomic mass is 16.5. The molecule has 1 aromatic heterocycles. The van der Waals surface area contributed by atoms with Gasteiger partial charge in [0.25, 0.3) is 0 Å². The molecule has 1 aliphatic carbocycles. The van der Waals surface area contributed by atoms with Crippen LogP contribution >= 0.6 is 0 Å². The Morgan fingerprint density at radius 2 is 1.20 bits per heavy atom. The van der Waals surface area contributed by atoms with Gasteiger partial charge in [-0.3, -0.25) is 0 Å². The smallest absolute Gasteiger partial charge is 0.143 e. The number of nitrogens with one attached hydrogen (secondary N) is 1. The lowest BCUT2D eigenvalue weighted by Gasteiger charge is -2.39. The molecular formula is C41H25NO2. The van der Waals surface area contributed by atoms with Crippen molar-refractivity contribution in [3.8, 4) is 22.6 Å². The van der Waals surface area contributed by atoms with Crippen LogP contribution in [0.2, 0.25) is 0 Å². The number of ether oxygens (including phenoxy) is 1. The number of hydrogen-bond donors (Lipinski definition) is 1. The maximum absolute atomic E-state index is 6.61. The molecule has 0 bridgehead atoms. The second kappa shape index (κ2) is 8.62. The lowest BCUT2D eigenvalue weighted by atomic mass is 9.66. The third kappa shape index (κ3) is 3.00. The highest BCUT2D eigenvalue weighted by molar-refractivity contribution is 6.18. The van der Waals surface area contributed by atoms with Crippen molar-refractivity contribution in [2.24, 2.45) is 0 Å². The second-order valence-corrected chi connectivity index (χ2v) is 11.7. The number of hydrogen-bond acceptors (Lipinski definition) is 3. The lowest BCUT2D eigenvalue weighted by Crippen LogP contribution is -2.32. The zero-order valence-corrected chi connectivity index (χ0v) is 23.7. The van der Waals surface area contributed by atoms with Crippen LogP contribution in [0.3, 0.4) is 0 Å². The SMILES string of the molecule is c1ccc2c(c1)Oc1ccc(Nc3cccc4oc5c6ccccc6ccc5c34)cc1C21c2ccccc2-c2ccccc21. The van der Waals surface area contributed by atoms with E-state index in [4.69, 9.17) is 9.15 Å². The van der Waals surface area contributed by atoms with Crippen molar-refractivity contribution in [3.63, 3.8) is 0 Å². The fourth-order valence-corrected chi connectivity index (χ4v) is 7.75. The molecule has 10 rings (SSSR count). The summed E-state index contributed by atoms with van der Waals surface area (Å²) in [5, 5.41) is 8.27. The summed E-state index contributed by atoms with van der Waals surface area (Å²) in [5.74, 6) is 1.77. The first kappa shape index (κ1) is 23.7. The van der Waals surface area contributed by atoms with Gasteiger partial charge in [0.1, 0.15) is 22.7 Å². The molecule has 206 valence electrons. The summed E-state index contributed by atoms with van der Waals surface area (Å²) in [4.78, 5) is 0. The molecule has 1 spiro atoms. The summed E-state index contributed by atoms with van der Waals surface area (Å²) in [6.07, 6.45) is 0. The van der Waals surface area contributed by atoms with Gasteiger partial charge in [-0.15, -0.1) is 0 Å². The molecule has 0 radical (unpaired) electrons. The van der Waals surface area contributed by atoms with Gasteiger partial charge in [-0.2, -0.15) is 0 Å². The van der Waals surface area contributed by atoms with E-state index in [1.54, 1.807) is 0 Å². The standard InChI is InChI=1S/C41H25NO2/c1-2-11-27-25(10-1)20-22-30-39-35(17-9-19-38(39)44-40(27)30)42-26-21-23-37-34(24-26)41(33-16-7-8-18-36(33)43-37)31-14-5-3-12-28(31)29-13-4-6-15-32(29)41/h1-24,42H. The molecule has 0 unspecified atom stereocenters. The Hall–Kier alpha value is -5.80. The van der Waals surface area contributed by atoms with Gasteiger partial charge in [0.2, 0.25) is 0 Å². The molecular weight excluding hydrogens is 538 g/mol. The largest absolute Gasteiger partial charge is 0.457 e. The molecule has 0 fully saturated rings. The van der Waals surface area contributed by atoms with Crippen LogP contribution in [-0.2, 0) is 5.41 Å². The summed E-state index contributed by atoms with van der Waals surface area (Å²) in [6, 6.07) is 51.6. The molecule has 0 amide bonds. The number of furan rings is 1. The lowest BCUT2D eigenvalue weighted by molar-refractivity contribution is 0.436. The van der Waals surface area contributed by atoms with Crippen molar-refractivity contribution in [3.05, 3.63) is 168 Å². The van der Waals surface area contributed by atoms with Crippen molar-refractivity contribution in [1.82, 2.24) is 0 Å². The third-order valence-corrected chi connectivity index (χ3v) is 9.51. The van der Waals surface area contributed by atoms with Crippen LogP contribution < -0.4 is 10.1 Å². The van der Waals surface area contributed by atoms with E-state index in [9.17, 15) is 0 Å². The van der Waals surface area contributed by atoms with Crippen LogP contribution in [0.1, 0.15) is 22.3 Å². The van der Waals surface area contributed by atoms with Crippen molar-refractivity contribution in [2.75, 3.05) is 5.32 Å². The number of fused-ring (bicyclic) bond motifs is 14. The predicted molar refractivity (Wildman–Crippen MR) is 178 cm³/mol. The molecule has 1 aliphatic heterocycles. The Bertz CT molecular complexity index is 2420. The minimum atomic E-state index is -0.498. The van der Waals surface area contributed by atoms with Gasteiger partial charge in [-0.1, -0.05) is 103 Å². The molecule has 44 heavy (non-hydrogen) atoms. The van der Waals surface area contributed by atoms with Crippen molar-refractivity contribution < 1.29 is 9.15 Å². The van der Waals surface area contributed by atoms with E-state index in [1.807, 2.05) is 6.07 Å². The predicted octanol–water partition coefficient (Wildman–Crippen LogP) is 11.0. The number of rotatable bonds is 2. The van der Waals surface area contributed by atoms with E-state index in [-0.39, 0.29) is 0 Å². The first-order valence-corrected chi connectivity index (χ1v) is 15.0. The highest BCUT2D eigenvalue weighted by Crippen LogP contribution is 2.62. The van der Waals surface area contributed by atoms with E-state index in [0.29, 0.717) is 0 Å². The fraction of sp³-hybridized carbons (Fsp3) is 0.0244. The molecule has 1 N–H and O–H groups in total. The van der Waals surface area contributed by atoms with E-state index < -0.39 is 5.41 Å². The summed E-state index contributed by atoms with van der Waals surface area (Å²) >= 11 is 0. The first-order chi connectivity index (χ1) is 21.8. The zero-order valence-electron chi connectivity index (χ0n) is 23.7. The van der Waals surface area contributed by atoms with Gasteiger partial charge in [-0.25, -0.2) is 0 Å². The molecule has 8 aromatic rings. The quantitative estimate of drug-likeness (QED) is 0.227. The van der Waals surface area contributed by atoms with Crippen molar-refractivity contribution in [1.29, 1.82) is 0 Å². The van der Waals surface area contributed by atoms with Crippen LogP contribution in [0.5, 0.6) is 11.5 Å². The fourth-order valence-electron chi connectivity index (χ4n) is 7.75. The third-order valence-electron chi connectivity index (χ3n) is 9.51. The van der Waals surface area contributed by atoms with Crippen LogP contribution in [0.4, 0.5) is 11.4 Å². The molecule has 0 saturated carbocycles. The van der Waals surface area contributed by atoms with Gasteiger partial charge in [0.15, 0.2) is 0 Å². The molecule has 0 atom stereocenters. The van der Waals surface area contributed by atoms with Gasteiger partial charge in [-0.05, 0) is 70.1 Å². The number of benzene rings is 7. The van der Waals surface area contributed by atoms with Crippen LogP contribution in [0, 0.1) is 0 Å². The van der Waals surface area contributed by atoms with E-state index in [2.05, 4.69) is 145 Å². The Balaban J connectivity index is 1.20. The monoisotopic (exact) mass is 563 g/mol. The van der Waals surface area contributed by atoms with Gasteiger partial charge in [0.05, 0.1) is 16.5 Å². The first-order valence-electron chi connectivity index (χ1n) is 15.0. The Kier molecular flexibility index (Phi) is 4.65. The molecule has 7 aromatic carbocycles. The van der Waals surface area contributed by atoms with Crippen molar-refractivity contribution >= 4 is 44.1 Å². The van der Waals surface area contributed by atoms with Gasteiger partial charge < -0.3 is 14.5 Å². The van der Waals surface area contributed by atoms with Crippen LogP contribution in [-0.4, -0.2) is 0 Å². The van der Waals surface area contributed by atoms with E-state index >= 15 is 0 Å². The Labute approximate surface area is 254 Å². The summed E-state index contributed by atoms with van der Waals surface area (Å²) in [7, 11) is 0. The van der Waals surface area contributed by atoms with E-state index in [0.717, 1.165) is 61.3 Å². The minimum Gasteiger partial charge on any atom is -0.457 e. The molecule has 0 saturated heterocycles. The second-order valence-electron chi connectivity index (χ2n) is 11.7. The highest BCUT2D eigenvalue weighted by Gasteiger charge is 2.50. The zero-order chi connectivity index (χ0) is 28.8. The minimum absolute atomic E-state index is 0.498. The molecule has 2 heterocycles. The Morgan fingerprint density at radius 3 is 2.05 bits per heavy atom. The molecule has 3 nitrogen and oxygen atoms in total. The summed E-state index contributed by atoms with van der Waals surface area (Å²) in [5.41, 5.74) is 10.7. The maximum atomic E-state index is 6.61. The number of anilines is 2. The maximum Gasteiger partial charge on any atom is 0.143 e.